The number of hydrogen-bond donors (Lipinski definition) is 1. The highest BCUT2D eigenvalue weighted by Crippen LogP contribution is 2.47. The number of ether oxygens (including phenoxy) is 1. The molecule has 1 aliphatic carbocycles. The fourth-order valence-corrected chi connectivity index (χ4v) is 4.58. The van der Waals surface area contributed by atoms with E-state index in [1.807, 2.05) is 0 Å². The van der Waals surface area contributed by atoms with E-state index < -0.39 is 0 Å². The summed E-state index contributed by atoms with van der Waals surface area (Å²) >= 11 is 2.13. The molecule has 2 unspecified atom stereocenters. The number of benzene rings is 1. The Morgan fingerprint density at radius 1 is 1.43 bits per heavy atom. The van der Waals surface area contributed by atoms with E-state index in [-0.39, 0.29) is 0 Å². The van der Waals surface area contributed by atoms with Crippen LogP contribution in [-0.2, 0) is 0 Å². The zero-order chi connectivity index (χ0) is 14.7. The van der Waals surface area contributed by atoms with Gasteiger partial charge in [-0.1, -0.05) is 19.1 Å². The van der Waals surface area contributed by atoms with Crippen molar-refractivity contribution in [1.29, 1.82) is 0 Å². The molecule has 1 aliphatic heterocycles. The lowest BCUT2D eigenvalue weighted by molar-refractivity contribution is 0.302. The summed E-state index contributed by atoms with van der Waals surface area (Å²) in [5.74, 6) is 2.34. The van der Waals surface area contributed by atoms with Gasteiger partial charge < -0.3 is 10.1 Å². The summed E-state index contributed by atoms with van der Waals surface area (Å²) in [6, 6.07) is 9.19. The Balaban J connectivity index is 1.80. The van der Waals surface area contributed by atoms with Gasteiger partial charge in [0.1, 0.15) is 5.75 Å². The molecular weight excluding hydrogens is 278 g/mol. The Morgan fingerprint density at radius 3 is 2.95 bits per heavy atom. The predicted octanol–water partition coefficient (Wildman–Crippen LogP) is 4.55. The van der Waals surface area contributed by atoms with Crippen LogP contribution in [0.2, 0.25) is 0 Å². The topological polar surface area (TPSA) is 21.3 Å². The summed E-state index contributed by atoms with van der Waals surface area (Å²) in [5, 5.41) is 3.79. The molecule has 21 heavy (non-hydrogen) atoms. The van der Waals surface area contributed by atoms with Gasteiger partial charge in [-0.2, -0.15) is 11.8 Å². The molecule has 0 bridgehead atoms. The average Bonchev–Trinajstić information content (AvgIpc) is 3.18. The molecule has 116 valence electrons. The van der Waals surface area contributed by atoms with Crippen molar-refractivity contribution in [2.24, 2.45) is 0 Å². The summed E-state index contributed by atoms with van der Waals surface area (Å²) in [7, 11) is 0. The van der Waals surface area contributed by atoms with Crippen molar-refractivity contribution >= 4 is 11.8 Å². The Kier molecular flexibility index (Phi) is 4.80. The van der Waals surface area contributed by atoms with Crippen molar-refractivity contribution in [3.63, 3.8) is 0 Å². The van der Waals surface area contributed by atoms with E-state index in [1.54, 1.807) is 0 Å². The van der Waals surface area contributed by atoms with E-state index in [0.717, 1.165) is 12.3 Å². The molecule has 2 atom stereocenters. The van der Waals surface area contributed by atoms with Gasteiger partial charge in [0.2, 0.25) is 0 Å². The van der Waals surface area contributed by atoms with Gasteiger partial charge in [0, 0.05) is 10.8 Å². The fourth-order valence-electron chi connectivity index (χ4n) is 3.15. The molecule has 2 fully saturated rings. The summed E-state index contributed by atoms with van der Waals surface area (Å²) in [6.45, 7) is 5.74. The van der Waals surface area contributed by atoms with Gasteiger partial charge in [0.25, 0.3) is 0 Å². The summed E-state index contributed by atoms with van der Waals surface area (Å²) < 4.78 is 6.29. The zero-order valence-electron chi connectivity index (χ0n) is 13.2. The van der Waals surface area contributed by atoms with E-state index in [1.165, 1.54) is 43.4 Å². The van der Waals surface area contributed by atoms with Crippen molar-refractivity contribution in [2.45, 2.75) is 62.8 Å². The zero-order valence-corrected chi connectivity index (χ0v) is 14.0. The third-order valence-corrected chi connectivity index (χ3v) is 6.07. The van der Waals surface area contributed by atoms with E-state index in [2.05, 4.69) is 55.2 Å². The molecule has 1 heterocycles. The minimum atomic E-state index is 0.313. The summed E-state index contributed by atoms with van der Waals surface area (Å²) in [6.07, 6.45) is 6.72. The molecule has 0 aromatic heterocycles. The molecule has 0 spiro atoms. The fraction of sp³-hybridized carbons (Fsp3) is 0.667. The van der Waals surface area contributed by atoms with Crippen LogP contribution in [0.15, 0.2) is 24.3 Å². The van der Waals surface area contributed by atoms with E-state index in [9.17, 15) is 0 Å². The third-order valence-electron chi connectivity index (χ3n) is 4.48. The molecule has 1 N–H and O–H groups in total. The van der Waals surface area contributed by atoms with Gasteiger partial charge in [0.15, 0.2) is 0 Å². The maximum Gasteiger partial charge on any atom is 0.120 e. The number of hydrogen-bond acceptors (Lipinski definition) is 3. The van der Waals surface area contributed by atoms with Gasteiger partial charge in [-0.3, -0.25) is 0 Å². The standard InChI is InChI=1S/C18H27NOS/c1-3-11-19-17(18(2)10-5-12-21-18)14-6-4-7-16(13-14)20-15-8-9-15/h4,6-7,13,15,17,19H,3,5,8-12H2,1-2H3. The van der Waals surface area contributed by atoms with E-state index in [0.29, 0.717) is 16.9 Å². The van der Waals surface area contributed by atoms with Crippen LogP contribution in [0.4, 0.5) is 0 Å². The van der Waals surface area contributed by atoms with Crippen LogP contribution in [0.25, 0.3) is 0 Å². The first kappa shape index (κ1) is 15.2. The third kappa shape index (κ3) is 3.75. The minimum Gasteiger partial charge on any atom is -0.490 e. The second-order valence-corrected chi connectivity index (χ2v) is 8.17. The van der Waals surface area contributed by atoms with Gasteiger partial charge in [-0.25, -0.2) is 0 Å². The highest BCUT2D eigenvalue weighted by Gasteiger charge is 2.38. The Hall–Kier alpha value is -0.670. The molecule has 0 radical (unpaired) electrons. The SMILES string of the molecule is CCCNC(c1cccc(OC2CC2)c1)C1(C)CCCS1. The first-order valence-corrected chi connectivity index (χ1v) is 9.34. The Bertz CT molecular complexity index is 466. The van der Waals surface area contributed by atoms with Crippen LogP contribution in [-0.4, -0.2) is 23.1 Å². The van der Waals surface area contributed by atoms with Gasteiger partial charge in [-0.05, 0) is 69.0 Å². The number of thioether (sulfide) groups is 1. The highest BCUT2D eigenvalue weighted by molar-refractivity contribution is 8.00. The molecule has 1 saturated carbocycles. The molecule has 1 aromatic carbocycles. The normalized spacial score (nSPS) is 26.8. The van der Waals surface area contributed by atoms with Crippen LogP contribution in [0.1, 0.15) is 57.6 Å². The van der Waals surface area contributed by atoms with Crippen LogP contribution >= 0.6 is 11.8 Å². The summed E-state index contributed by atoms with van der Waals surface area (Å²) in [4.78, 5) is 0. The van der Waals surface area contributed by atoms with Crippen LogP contribution in [0.3, 0.4) is 0 Å². The lowest BCUT2D eigenvalue weighted by atomic mass is 9.90. The lowest BCUT2D eigenvalue weighted by Crippen LogP contribution is -2.38. The van der Waals surface area contributed by atoms with Crippen molar-refractivity contribution in [3.05, 3.63) is 29.8 Å². The molecule has 2 nitrogen and oxygen atoms in total. The van der Waals surface area contributed by atoms with Crippen molar-refractivity contribution in [2.75, 3.05) is 12.3 Å². The largest absolute Gasteiger partial charge is 0.490 e. The monoisotopic (exact) mass is 305 g/mol. The molecule has 2 aliphatic rings. The molecule has 3 heteroatoms. The second-order valence-electron chi connectivity index (χ2n) is 6.54. The molecule has 1 aromatic rings. The maximum absolute atomic E-state index is 5.98. The second kappa shape index (κ2) is 6.62. The van der Waals surface area contributed by atoms with E-state index >= 15 is 0 Å². The van der Waals surface area contributed by atoms with Crippen LogP contribution in [0, 0.1) is 0 Å². The smallest absolute Gasteiger partial charge is 0.120 e. The predicted molar refractivity (Wildman–Crippen MR) is 91.2 cm³/mol. The minimum absolute atomic E-state index is 0.313. The van der Waals surface area contributed by atoms with Gasteiger partial charge in [0.05, 0.1) is 6.10 Å². The lowest BCUT2D eigenvalue weighted by Gasteiger charge is -2.34. The summed E-state index contributed by atoms with van der Waals surface area (Å²) in [5.41, 5.74) is 1.39. The number of nitrogens with one attached hydrogen (secondary N) is 1. The quantitative estimate of drug-likeness (QED) is 0.798. The molecular formula is C18H27NOS. The molecule has 0 amide bonds. The van der Waals surface area contributed by atoms with Gasteiger partial charge in [-0.15, -0.1) is 0 Å². The van der Waals surface area contributed by atoms with Crippen LogP contribution in [0.5, 0.6) is 5.75 Å². The van der Waals surface area contributed by atoms with Crippen molar-refractivity contribution in [1.82, 2.24) is 5.32 Å². The van der Waals surface area contributed by atoms with Crippen LogP contribution < -0.4 is 10.1 Å². The molecule has 1 saturated heterocycles. The first-order chi connectivity index (χ1) is 10.2. The van der Waals surface area contributed by atoms with Crippen molar-refractivity contribution < 1.29 is 4.74 Å². The first-order valence-electron chi connectivity index (χ1n) is 8.35. The Labute approximate surface area is 133 Å². The Morgan fingerprint density at radius 2 is 2.29 bits per heavy atom. The highest BCUT2D eigenvalue weighted by atomic mass is 32.2. The molecule has 3 rings (SSSR count). The number of rotatable bonds is 7. The van der Waals surface area contributed by atoms with Gasteiger partial charge >= 0.3 is 0 Å². The van der Waals surface area contributed by atoms with Crippen molar-refractivity contribution in [3.8, 4) is 5.75 Å². The average molecular weight is 305 g/mol. The maximum atomic E-state index is 5.98. The van der Waals surface area contributed by atoms with E-state index in [4.69, 9.17) is 4.74 Å².